The van der Waals surface area contributed by atoms with Crippen molar-refractivity contribution in [3.63, 3.8) is 0 Å². The van der Waals surface area contributed by atoms with Gasteiger partial charge in [-0.15, -0.1) is 0 Å². The zero-order valence-corrected chi connectivity index (χ0v) is 17.5. The molecule has 1 fully saturated rings. The van der Waals surface area contributed by atoms with Crippen LogP contribution in [0.2, 0.25) is 0 Å². The molecule has 1 aliphatic heterocycles. The number of aromatic nitrogens is 1. The van der Waals surface area contributed by atoms with Crippen LogP contribution in [0.4, 0.5) is 4.79 Å². The van der Waals surface area contributed by atoms with E-state index in [1.165, 1.54) is 7.11 Å². The normalized spacial score (nSPS) is 17.1. The van der Waals surface area contributed by atoms with Gasteiger partial charge in [0.15, 0.2) is 0 Å². The number of ether oxygens (including phenoxy) is 1. The first-order chi connectivity index (χ1) is 14.3. The molecule has 0 aliphatic carbocycles. The average Bonchev–Trinajstić information content (AvgIpc) is 3.40. The molecule has 1 aliphatic rings. The molecule has 1 aromatic heterocycles. The fourth-order valence-corrected chi connectivity index (χ4v) is 3.84. The number of likely N-dealkylation sites (tertiary alicyclic amines) is 1. The predicted molar refractivity (Wildman–Crippen MR) is 114 cm³/mol. The van der Waals surface area contributed by atoms with Gasteiger partial charge in [-0.3, -0.25) is 4.79 Å². The Morgan fingerprint density at radius 2 is 1.90 bits per heavy atom. The highest BCUT2D eigenvalue weighted by Gasteiger charge is 2.36. The van der Waals surface area contributed by atoms with Crippen molar-refractivity contribution >= 4 is 24.6 Å². The maximum absolute atomic E-state index is 13.2. The van der Waals surface area contributed by atoms with Crippen molar-refractivity contribution in [1.29, 1.82) is 0 Å². The molecule has 0 saturated carbocycles. The van der Waals surface area contributed by atoms with Crippen LogP contribution in [-0.2, 0) is 9.53 Å². The van der Waals surface area contributed by atoms with Crippen LogP contribution in [0.5, 0.6) is 0 Å². The van der Waals surface area contributed by atoms with Crippen LogP contribution in [0.1, 0.15) is 38.4 Å². The molecule has 8 nitrogen and oxygen atoms in total. The molecule has 2 amide bonds. The molecule has 9 heteroatoms. The van der Waals surface area contributed by atoms with Crippen molar-refractivity contribution < 1.29 is 24.4 Å². The van der Waals surface area contributed by atoms with Crippen LogP contribution < -0.4 is 10.8 Å². The Hall–Kier alpha value is -2.78. The summed E-state index contributed by atoms with van der Waals surface area (Å²) in [6.45, 7) is 4.42. The van der Waals surface area contributed by atoms with Crippen LogP contribution in [-0.4, -0.2) is 58.7 Å². The van der Waals surface area contributed by atoms with Crippen molar-refractivity contribution in [2.45, 2.75) is 38.8 Å². The van der Waals surface area contributed by atoms with Gasteiger partial charge in [0.25, 0.3) is 0 Å². The first-order valence-corrected chi connectivity index (χ1v) is 10.1. The van der Waals surface area contributed by atoms with E-state index in [4.69, 9.17) is 0 Å². The quantitative estimate of drug-likeness (QED) is 0.535. The topological polar surface area (TPSA) is 115 Å². The Bertz CT molecular complexity index is 881. The average molecular weight is 413 g/mol. The molecule has 4 N–H and O–H groups in total. The number of H-pyrrole nitrogens is 1. The van der Waals surface area contributed by atoms with Gasteiger partial charge in [0.1, 0.15) is 6.04 Å². The number of carbonyl (C=O) groups is 2. The third kappa shape index (κ3) is 4.68. The molecule has 1 aromatic carbocycles. The largest absolute Gasteiger partial charge is 0.488 e. The minimum atomic E-state index is -1.50. The summed E-state index contributed by atoms with van der Waals surface area (Å²) < 4.78 is 4.67. The monoisotopic (exact) mass is 413 g/mol. The number of methoxy groups -OCH3 is 1. The Morgan fingerprint density at radius 3 is 2.50 bits per heavy atom. The summed E-state index contributed by atoms with van der Waals surface area (Å²) >= 11 is 0. The summed E-state index contributed by atoms with van der Waals surface area (Å²) in [7, 11) is -0.215. The number of amides is 2. The van der Waals surface area contributed by atoms with Gasteiger partial charge in [-0.2, -0.15) is 0 Å². The number of aromatic amines is 1. The zero-order valence-electron chi connectivity index (χ0n) is 17.5. The number of nitrogens with zero attached hydrogens (tertiary/aromatic N) is 1. The molecular weight excluding hydrogens is 385 g/mol. The minimum Gasteiger partial charge on any atom is -0.453 e. The number of benzene rings is 1. The SMILES string of the molecule is COC(=O)N[C@H](C(=O)N1CCC[C@H]1c1ccc(-c2ccc(B(O)O)cc2)[nH]1)C(C)C. The predicted octanol–water partition coefficient (Wildman–Crippen LogP) is 1.41. The van der Waals surface area contributed by atoms with E-state index in [1.54, 1.807) is 12.1 Å². The second-order valence-corrected chi connectivity index (χ2v) is 7.87. The van der Waals surface area contributed by atoms with Crippen molar-refractivity contribution in [2.75, 3.05) is 13.7 Å². The maximum atomic E-state index is 13.2. The summed E-state index contributed by atoms with van der Waals surface area (Å²) in [5, 5.41) is 21.1. The molecule has 160 valence electrons. The van der Waals surface area contributed by atoms with E-state index in [1.807, 2.05) is 43.0 Å². The summed E-state index contributed by atoms with van der Waals surface area (Å²) in [6.07, 6.45) is 1.11. The molecule has 0 spiro atoms. The maximum Gasteiger partial charge on any atom is 0.488 e. The first-order valence-electron chi connectivity index (χ1n) is 10.1. The van der Waals surface area contributed by atoms with Gasteiger partial charge >= 0.3 is 13.2 Å². The van der Waals surface area contributed by atoms with Crippen LogP contribution in [0.15, 0.2) is 36.4 Å². The van der Waals surface area contributed by atoms with Gasteiger partial charge in [-0.1, -0.05) is 38.1 Å². The van der Waals surface area contributed by atoms with Crippen LogP contribution in [0.3, 0.4) is 0 Å². The van der Waals surface area contributed by atoms with Gasteiger partial charge in [-0.25, -0.2) is 4.79 Å². The lowest BCUT2D eigenvalue weighted by molar-refractivity contribution is -0.135. The third-order valence-electron chi connectivity index (χ3n) is 5.51. The molecule has 0 bridgehead atoms. The number of hydrogen-bond donors (Lipinski definition) is 4. The fourth-order valence-electron chi connectivity index (χ4n) is 3.84. The lowest BCUT2D eigenvalue weighted by Crippen LogP contribution is -2.51. The molecular formula is C21H28BN3O5. The summed E-state index contributed by atoms with van der Waals surface area (Å²) in [5.74, 6) is -0.187. The fraction of sp³-hybridized carbons (Fsp3) is 0.429. The van der Waals surface area contributed by atoms with Crippen LogP contribution in [0, 0.1) is 5.92 Å². The molecule has 3 rings (SSSR count). The van der Waals surface area contributed by atoms with E-state index < -0.39 is 19.3 Å². The lowest BCUT2D eigenvalue weighted by atomic mass is 9.80. The lowest BCUT2D eigenvalue weighted by Gasteiger charge is -2.30. The Morgan fingerprint density at radius 1 is 1.20 bits per heavy atom. The van der Waals surface area contributed by atoms with Crippen LogP contribution >= 0.6 is 0 Å². The highest BCUT2D eigenvalue weighted by atomic mass is 16.5. The summed E-state index contributed by atoms with van der Waals surface area (Å²) in [5.41, 5.74) is 3.16. The molecule has 1 saturated heterocycles. The van der Waals surface area contributed by atoms with Crippen molar-refractivity contribution in [1.82, 2.24) is 15.2 Å². The van der Waals surface area contributed by atoms with Gasteiger partial charge in [0, 0.05) is 17.9 Å². The number of hydrogen-bond acceptors (Lipinski definition) is 5. The number of alkyl carbamates (subject to hydrolysis) is 1. The molecule has 30 heavy (non-hydrogen) atoms. The second kappa shape index (κ2) is 9.36. The number of carbonyl (C=O) groups excluding carboxylic acids is 2. The highest BCUT2D eigenvalue weighted by Crippen LogP contribution is 2.33. The van der Waals surface area contributed by atoms with Crippen molar-refractivity contribution in [3.8, 4) is 11.3 Å². The van der Waals surface area contributed by atoms with E-state index in [2.05, 4.69) is 15.0 Å². The zero-order chi connectivity index (χ0) is 21.8. The molecule has 2 atom stereocenters. The molecule has 0 unspecified atom stereocenters. The molecule has 2 aromatic rings. The third-order valence-corrected chi connectivity index (χ3v) is 5.51. The van der Waals surface area contributed by atoms with E-state index in [0.29, 0.717) is 12.0 Å². The van der Waals surface area contributed by atoms with Crippen molar-refractivity contribution in [3.05, 3.63) is 42.1 Å². The van der Waals surface area contributed by atoms with Gasteiger partial charge in [0.05, 0.1) is 13.2 Å². The van der Waals surface area contributed by atoms with Gasteiger partial charge in [0.2, 0.25) is 5.91 Å². The first kappa shape index (κ1) is 21.9. The molecule has 0 radical (unpaired) electrons. The minimum absolute atomic E-state index is 0.0718. The Kier molecular flexibility index (Phi) is 6.84. The number of rotatable bonds is 6. The standard InChI is InChI=1S/C21H28BN3O5/c1-13(2)19(24-21(27)30-3)20(26)25-12-4-5-18(25)17-11-10-16(23-17)14-6-8-15(9-7-14)22(28)29/h6-11,13,18-19,23,28-29H,4-5,12H2,1-3H3,(H,24,27)/t18-,19-/m0/s1. The van der Waals surface area contributed by atoms with Crippen LogP contribution in [0.25, 0.3) is 11.3 Å². The van der Waals surface area contributed by atoms with Crippen molar-refractivity contribution in [2.24, 2.45) is 5.92 Å². The summed E-state index contributed by atoms with van der Waals surface area (Å²) in [4.78, 5) is 30.1. The van der Waals surface area contributed by atoms with E-state index in [9.17, 15) is 19.6 Å². The van der Waals surface area contributed by atoms with E-state index >= 15 is 0 Å². The summed E-state index contributed by atoms with van der Waals surface area (Å²) in [6, 6.07) is 10.1. The van der Waals surface area contributed by atoms with E-state index in [-0.39, 0.29) is 17.9 Å². The van der Waals surface area contributed by atoms with E-state index in [0.717, 1.165) is 29.8 Å². The molecule has 2 heterocycles. The van der Waals surface area contributed by atoms with Gasteiger partial charge < -0.3 is 30.0 Å². The Balaban J connectivity index is 1.78. The number of nitrogens with one attached hydrogen (secondary N) is 2. The smallest absolute Gasteiger partial charge is 0.453 e. The second-order valence-electron chi connectivity index (χ2n) is 7.87. The highest BCUT2D eigenvalue weighted by molar-refractivity contribution is 6.58. The Labute approximate surface area is 176 Å². The van der Waals surface area contributed by atoms with Gasteiger partial charge in [-0.05, 0) is 41.9 Å².